The van der Waals surface area contributed by atoms with Gasteiger partial charge in [0.15, 0.2) is 6.61 Å². The Morgan fingerprint density at radius 2 is 2.16 bits per heavy atom. The number of hydrogen-bond donors (Lipinski definition) is 2. The molecular weight excluding hydrogens is 251 g/mol. The van der Waals surface area contributed by atoms with Crippen LogP contribution < -0.4 is 11.1 Å². The van der Waals surface area contributed by atoms with Gasteiger partial charge >= 0.3 is 5.97 Å². The molecule has 0 aromatic heterocycles. The summed E-state index contributed by atoms with van der Waals surface area (Å²) in [5, 5.41) is 2.65. The zero-order valence-corrected chi connectivity index (χ0v) is 10.9. The number of nitrogen functional groups attached to an aromatic ring is 1. The summed E-state index contributed by atoms with van der Waals surface area (Å²) in [5.74, 6) is -1.85. The highest BCUT2D eigenvalue weighted by Crippen LogP contribution is 2.12. The molecule has 6 heteroatoms. The molecule has 0 bridgehead atoms. The molecule has 1 rings (SSSR count). The van der Waals surface area contributed by atoms with Gasteiger partial charge in [-0.25, -0.2) is 9.18 Å². The molecule has 1 unspecified atom stereocenters. The minimum atomic E-state index is -0.766. The summed E-state index contributed by atoms with van der Waals surface area (Å²) in [6, 6.07) is 3.60. The van der Waals surface area contributed by atoms with Gasteiger partial charge in [-0.05, 0) is 31.5 Å². The number of rotatable bonds is 5. The second-order valence-corrected chi connectivity index (χ2v) is 4.19. The minimum absolute atomic E-state index is 0.0140. The highest BCUT2D eigenvalue weighted by molar-refractivity contribution is 5.91. The number of carbonyl (C=O) groups is 2. The molecule has 0 aliphatic carbocycles. The van der Waals surface area contributed by atoms with E-state index in [1.165, 1.54) is 12.1 Å². The second-order valence-electron chi connectivity index (χ2n) is 4.19. The molecule has 0 saturated carbocycles. The van der Waals surface area contributed by atoms with Gasteiger partial charge in [-0.15, -0.1) is 0 Å². The van der Waals surface area contributed by atoms with Gasteiger partial charge in [-0.2, -0.15) is 0 Å². The third-order valence-corrected chi connectivity index (χ3v) is 2.59. The van der Waals surface area contributed by atoms with Gasteiger partial charge in [0.1, 0.15) is 5.82 Å². The Labute approximate surface area is 110 Å². The minimum Gasteiger partial charge on any atom is -0.452 e. The molecule has 0 spiro atoms. The topological polar surface area (TPSA) is 81.4 Å². The van der Waals surface area contributed by atoms with Gasteiger partial charge in [0.2, 0.25) is 0 Å². The van der Waals surface area contributed by atoms with Gasteiger partial charge in [0.25, 0.3) is 5.91 Å². The van der Waals surface area contributed by atoms with E-state index in [1.807, 2.05) is 13.8 Å². The third-order valence-electron chi connectivity index (χ3n) is 2.59. The van der Waals surface area contributed by atoms with Crippen LogP contribution in [0.3, 0.4) is 0 Å². The molecule has 104 valence electrons. The zero-order chi connectivity index (χ0) is 14.4. The number of nitrogens with two attached hydrogens (primary N) is 1. The van der Waals surface area contributed by atoms with Crippen LogP contribution >= 0.6 is 0 Å². The number of carbonyl (C=O) groups excluding carboxylic acids is 2. The Morgan fingerprint density at radius 1 is 1.47 bits per heavy atom. The van der Waals surface area contributed by atoms with Crippen molar-refractivity contribution in [3.05, 3.63) is 29.6 Å². The smallest absolute Gasteiger partial charge is 0.338 e. The van der Waals surface area contributed by atoms with Gasteiger partial charge < -0.3 is 15.8 Å². The number of halogens is 1. The van der Waals surface area contributed by atoms with Crippen LogP contribution in [-0.2, 0) is 9.53 Å². The van der Waals surface area contributed by atoms with Gasteiger partial charge in [0.05, 0.1) is 11.3 Å². The summed E-state index contributed by atoms with van der Waals surface area (Å²) >= 11 is 0. The fraction of sp³-hybridized carbons (Fsp3) is 0.385. The second kappa shape index (κ2) is 6.72. The molecule has 1 aromatic carbocycles. The lowest BCUT2D eigenvalue weighted by Crippen LogP contribution is -2.35. The molecule has 0 fully saturated rings. The van der Waals surface area contributed by atoms with Gasteiger partial charge in [0, 0.05) is 6.04 Å². The molecule has 0 saturated heterocycles. The summed E-state index contributed by atoms with van der Waals surface area (Å²) in [6.07, 6.45) is 0.781. The lowest BCUT2D eigenvalue weighted by molar-refractivity contribution is -0.124. The SMILES string of the molecule is CCC(C)NC(=O)COC(=O)c1ccc(N)c(F)c1. The summed E-state index contributed by atoms with van der Waals surface area (Å²) in [6.45, 7) is 3.37. The fourth-order valence-electron chi connectivity index (χ4n) is 1.29. The maximum Gasteiger partial charge on any atom is 0.338 e. The van der Waals surface area contributed by atoms with Gasteiger partial charge in [-0.1, -0.05) is 6.92 Å². The van der Waals surface area contributed by atoms with Crippen LogP contribution in [0.4, 0.5) is 10.1 Å². The van der Waals surface area contributed by atoms with Crippen LogP contribution in [0.15, 0.2) is 18.2 Å². The molecule has 1 aromatic rings. The van der Waals surface area contributed by atoms with Crippen molar-refractivity contribution >= 4 is 17.6 Å². The Bertz CT molecular complexity index is 477. The number of benzene rings is 1. The van der Waals surface area contributed by atoms with Crippen LogP contribution in [0.1, 0.15) is 30.6 Å². The third kappa shape index (κ3) is 4.57. The molecule has 0 heterocycles. The van der Waals surface area contributed by atoms with Gasteiger partial charge in [-0.3, -0.25) is 4.79 Å². The number of hydrogen-bond acceptors (Lipinski definition) is 4. The van der Waals surface area contributed by atoms with Crippen LogP contribution in [0.5, 0.6) is 0 Å². The van der Waals surface area contributed by atoms with E-state index in [0.717, 1.165) is 12.5 Å². The van der Waals surface area contributed by atoms with E-state index in [1.54, 1.807) is 0 Å². The Hall–Kier alpha value is -2.11. The van der Waals surface area contributed by atoms with Crippen LogP contribution in [0.2, 0.25) is 0 Å². The first-order valence-electron chi connectivity index (χ1n) is 5.95. The van der Waals surface area contributed by atoms with Crippen molar-refractivity contribution < 1.29 is 18.7 Å². The van der Waals surface area contributed by atoms with Crippen LogP contribution in [-0.4, -0.2) is 24.5 Å². The standard InChI is InChI=1S/C13H17FN2O3/c1-3-8(2)16-12(17)7-19-13(18)9-4-5-11(15)10(14)6-9/h4-6,8H,3,7,15H2,1-2H3,(H,16,17). The maximum absolute atomic E-state index is 13.1. The predicted molar refractivity (Wildman–Crippen MR) is 69.0 cm³/mol. The predicted octanol–water partition coefficient (Wildman–Crippen LogP) is 1.48. The Kier molecular flexibility index (Phi) is 5.29. The van der Waals surface area contributed by atoms with Crippen molar-refractivity contribution in [3.63, 3.8) is 0 Å². The quantitative estimate of drug-likeness (QED) is 0.626. The molecule has 3 N–H and O–H groups in total. The average molecular weight is 268 g/mol. The maximum atomic E-state index is 13.1. The normalized spacial score (nSPS) is 11.7. The van der Waals surface area contributed by atoms with E-state index in [9.17, 15) is 14.0 Å². The monoisotopic (exact) mass is 268 g/mol. The summed E-state index contributed by atoms with van der Waals surface area (Å²) < 4.78 is 17.9. The van der Waals surface area contributed by atoms with Crippen LogP contribution in [0, 0.1) is 5.82 Å². The average Bonchev–Trinajstić information content (AvgIpc) is 2.39. The number of amides is 1. The number of nitrogens with one attached hydrogen (secondary N) is 1. The first-order chi connectivity index (χ1) is 8.93. The number of ether oxygens (including phenoxy) is 1. The molecule has 1 atom stereocenters. The summed E-state index contributed by atoms with van der Waals surface area (Å²) in [4.78, 5) is 22.9. The highest BCUT2D eigenvalue weighted by atomic mass is 19.1. The lowest BCUT2D eigenvalue weighted by Gasteiger charge is -2.11. The molecule has 0 radical (unpaired) electrons. The molecule has 19 heavy (non-hydrogen) atoms. The molecule has 5 nitrogen and oxygen atoms in total. The van der Waals surface area contributed by atoms with E-state index in [0.29, 0.717) is 0 Å². The summed E-state index contributed by atoms with van der Waals surface area (Å²) in [5.41, 5.74) is 5.26. The number of anilines is 1. The molecular formula is C13H17FN2O3. The van der Waals surface area contributed by atoms with Crippen molar-refractivity contribution in [2.75, 3.05) is 12.3 Å². The molecule has 1 amide bonds. The summed E-state index contributed by atoms with van der Waals surface area (Å²) in [7, 11) is 0. The van der Waals surface area contributed by atoms with Crippen molar-refractivity contribution in [2.24, 2.45) is 0 Å². The highest BCUT2D eigenvalue weighted by Gasteiger charge is 2.12. The Morgan fingerprint density at radius 3 is 2.74 bits per heavy atom. The van der Waals surface area contributed by atoms with E-state index >= 15 is 0 Å². The van der Waals surface area contributed by atoms with E-state index in [4.69, 9.17) is 10.5 Å². The van der Waals surface area contributed by atoms with Crippen molar-refractivity contribution in [1.82, 2.24) is 5.32 Å². The molecule has 0 aliphatic rings. The largest absolute Gasteiger partial charge is 0.452 e. The number of esters is 1. The first kappa shape index (κ1) is 14.9. The van der Waals surface area contributed by atoms with Crippen molar-refractivity contribution in [3.8, 4) is 0 Å². The fourth-order valence-corrected chi connectivity index (χ4v) is 1.29. The zero-order valence-electron chi connectivity index (χ0n) is 10.9. The lowest BCUT2D eigenvalue weighted by atomic mass is 10.2. The molecule has 0 aliphatic heterocycles. The van der Waals surface area contributed by atoms with Crippen molar-refractivity contribution in [2.45, 2.75) is 26.3 Å². The van der Waals surface area contributed by atoms with E-state index in [-0.39, 0.29) is 17.3 Å². The van der Waals surface area contributed by atoms with Crippen LogP contribution in [0.25, 0.3) is 0 Å². The van der Waals surface area contributed by atoms with Crippen molar-refractivity contribution in [1.29, 1.82) is 0 Å². The van der Waals surface area contributed by atoms with E-state index < -0.39 is 24.3 Å². The Balaban J connectivity index is 2.51. The van der Waals surface area contributed by atoms with E-state index in [2.05, 4.69) is 5.32 Å². The first-order valence-corrected chi connectivity index (χ1v) is 5.95.